The Balaban J connectivity index is 0.921. The second kappa shape index (κ2) is 16.4. The molecule has 2 saturated heterocycles. The Bertz CT molecular complexity index is 1860. The van der Waals surface area contributed by atoms with Gasteiger partial charge >= 0.3 is 0 Å². The van der Waals surface area contributed by atoms with E-state index in [0.717, 1.165) is 50.0 Å². The molecule has 6 nitrogen and oxygen atoms in total. The van der Waals surface area contributed by atoms with Crippen molar-refractivity contribution in [3.05, 3.63) is 95.3 Å². The van der Waals surface area contributed by atoms with E-state index in [1.807, 2.05) is 6.07 Å². The number of ether oxygens (including phenoxy) is 1. The third kappa shape index (κ3) is 8.94. The minimum Gasteiger partial charge on any atom is -0.491 e. The Labute approximate surface area is 320 Å². The summed E-state index contributed by atoms with van der Waals surface area (Å²) in [6, 6.07) is 22.9. The number of anilines is 1. The molecule has 0 bridgehead atoms. The molecule has 2 aliphatic heterocycles. The predicted octanol–water partition coefficient (Wildman–Crippen LogP) is 10.6. The van der Waals surface area contributed by atoms with Gasteiger partial charge in [-0.15, -0.1) is 0 Å². The Morgan fingerprint density at radius 2 is 1.65 bits per heavy atom. The molecule has 3 aliphatic rings. The smallest absolute Gasteiger partial charge is 0.284 e. The highest BCUT2D eigenvalue weighted by Gasteiger charge is 2.42. The lowest BCUT2D eigenvalue weighted by molar-refractivity contribution is 0.138. The summed E-state index contributed by atoms with van der Waals surface area (Å²) in [4.78, 5) is 14.3. The SMILES string of the molecule is CCc1cc(N2CCC(CN3CCC(c4ccc([N+](C)(C)c5cc(-c6ccc(OCCCC7(F)CC7)c(C(F)F)n6)ccn5)cc4)CC3)CC2)ccc1C. The first-order valence-electron chi connectivity index (χ1n) is 20.1. The van der Waals surface area contributed by atoms with E-state index < -0.39 is 17.8 Å². The molecule has 4 heterocycles. The molecule has 1 saturated carbocycles. The van der Waals surface area contributed by atoms with Gasteiger partial charge in [0.15, 0.2) is 0 Å². The number of piperidine rings is 2. The predicted molar refractivity (Wildman–Crippen MR) is 214 cm³/mol. The number of aryl methyl sites for hydroxylation is 2. The van der Waals surface area contributed by atoms with Crippen molar-refractivity contribution < 1.29 is 17.9 Å². The van der Waals surface area contributed by atoms with E-state index in [1.54, 1.807) is 24.4 Å². The standard InChI is InChI=1S/C45H57F3N5O/c1-5-34-29-38(10-7-32(34)2)52-26-16-33(17-27-52)31-51-24-18-36(19-25-51)35-8-11-39(12-9-35)53(3,4)42-30-37(15-23-49-42)40-13-14-41(43(50-40)44(46)47)54-28-6-20-45(48)21-22-45/h7-15,23,29-30,33,36,44H,5-6,16-22,24-28,31H2,1-4H3/q+1. The third-order valence-electron chi connectivity index (χ3n) is 12.3. The van der Waals surface area contributed by atoms with Gasteiger partial charge in [-0.3, -0.25) is 0 Å². The van der Waals surface area contributed by atoms with Crippen molar-refractivity contribution in [1.29, 1.82) is 0 Å². The first-order valence-corrected chi connectivity index (χ1v) is 20.1. The third-order valence-corrected chi connectivity index (χ3v) is 12.3. The van der Waals surface area contributed by atoms with Gasteiger partial charge in [-0.2, -0.15) is 0 Å². The lowest BCUT2D eigenvalue weighted by Gasteiger charge is -2.38. The maximum atomic E-state index is 14.1. The van der Waals surface area contributed by atoms with Gasteiger partial charge in [0, 0.05) is 43.1 Å². The molecule has 0 spiro atoms. The normalized spacial score (nSPS) is 18.3. The highest BCUT2D eigenvalue weighted by molar-refractivity contribution is 5.66. The van der Waals surface area contributed by atoms with Crippen LogP contribution >= 0.6 is 0 Å². The van der Waals surface area contributed by atoms with Gasteiger partial charge in [0.05, 0.1) is 26.4 Å². The molecule has 0 radical (unpaired) electrons. The van der Waals surface area contributed by atoms with E-state index >= 15 is 0 Å². The molecule has 288 valence electrons. The maximum Gasteiger partial charge on any atom is 0.284 e. The molecule has 3 fully saturated rings. The summed E-state index contributed by atoms with van der Waals surface area (Å²) >= 11 is 0. The molecule has 9 heteroatoms. The van der Waals surface area contributed by atoms with Crippen LogP contribution in [-0.2, 0) is 6.42 Å². The van der Waals surface area contributed by atoms with Crippen LogP contribution in [0.2, 0.25) is 0 Å². The highest BCUT2D eigenvalue weighted by atomic mass is 19.3. The molecule has 0 amide bonds. The molecule has 54 heavy (non-hydrogen) atoms. The summed E-state index contributed by atoms with van der Waals surface area (Å²) in [5.74, 6) is 2.16. The maximum absolute atomic E-state index is 14.1. The summed E-state index contributed by atoms with van der Waals surface area (Å²) < 4.78 is 48.1. The van der Waals surface area contributed by atoms with Crippen LogP contribution < -0.4 is 14.1 Å². The fourth-order valence-corrected chi connectivity index (χ4v) is 8.42. The van der Waals surface area contributed by atoms with Crippen LogP contribution in [0.25, 0.3) is 11.3 Å². The zero-order chi connectivity index (χ0) is 37.9. The van der Waals surface area contributed by atoms with Gasteiger partial charge in [0.1, 0.15) is 22.8 Å². The summed E-state index contributed by atoms with van der Waals surface area (Å²) in [6.45, 7) is 10.5. The Kier molecular flexibility index (Phi) is 11.7. The number of alkyl halides is 3. The summed E-state index contributed by atoms with van der Waals surface area (Å²) in [5.41, 5.74) is 6.39. The van der Waals surface area contributed by atoms with Gasteiger partial charge < -0.3 is 14.5 Å². The number of hydrogen-bond donors (Lipinski definition) is 0. The second-order valence-corrected chi connectivity index (χ2v) is 16.4. The average molecular weight is 741 g/mol. The zero-order valence-electron chi connectivity index (χ0n) is 32.5. The number of rotatable bonds is 14. The van der Waals surface area contributed by atoms with Crippen molar-refractivity contribution in [3.63, 3.8) is 0 Å². The van der Waals surface area contributed by atoms with Gasteiger partial charge in [-0.05, 0) is 149 Å². The van der Waals surface area contributed by atoms with Crippen molar-refractivity contribution in [1.82, 2.24) is 19.4 Å². The largest absolute Gasteiger partial charge is 0.491 e. The summed E-state index contributed by atoms with van der Waals surface area (Å²) in [7, 11) is 4.18. The van der Waals surface area contributed by atoms with Crippen LogP contribution in [0.4, 0.5) is 30.4 Å². The Hall–Kier alpha value is -3.95. The van der Waals surface area contributed by atoms with E-state index in [9.17, 15) is 13.2 Å². The van der Waals surface area contributed by atoms with Crippen molar-refractivity contribution in [2.75, 3.05) is 58.3 Å². The fourth-order valence-electron chi connectivity index (χ4n) is 8.42. The number of aromatic nitrogens is 2. The zero-order valence-corrected chi connectivity index (χ0v) is 32.5. The number of benzene rings is 2. The molecule has 0 unspecified atom stereocenters. The van der Waals surface area contributed by atoms with Crippen LogP contribution in [0.5, 0.6) is 5.75 Å². The fraction of sp³-hybridized carbons (Fsp3) is 0.511. The molecule has 0 atom stereocenters. The lowest BCUT2D eigenvalue weighted by Crippen LogP contribution is -2.41. The molecule has 4 aromatic rings. The molecular weight excluding hydrogens is 684 g/mol. The van der Waals surface area contributed by atoms with E-state index in [0.29, 0.717) is 47.3 Å². The van der Waals surface area contributed by atoms with Crippen molar-refractivity contribution in [2.24, 2.45) is 5.92 Å². The van der Waals surface area contributed by atoms with Gasteiger partial charge in [0.2, 0.25) is 5.82 Å². The highest BCUT2D eigenvalue weighted by Crippen LogP contribution is 2.44. The van der Waals surface area contributed by atoms with Crippen LogP contribution in [0.1, 0.15) is 93.0 Å². The van der Waals surface area contributed by atoms with Crippen molar-refractivity contribution in [2.45, 2.75) is 89.6 Å². The topological polar surface area (TPSA) is 41.5 Å². The van der Waals surface area contributed by atoms with Gasteiger partial charge in [0.25, 0.3) is 6.43 Å². The second-order valence-electron chi connectivity index (χ2n) is 16.4. The quantitative estimate of drug-likeness (QED) is 0.0951. The average Bonchev–Trinajstić information content (AvgIpc) is 3.94. The van der Waals surface area contributed by atoms with Crippen LogP contribution in [0.15, 0.2) is 72.9 Å². The van der Waals surface area contributed by atoms with Crippen LogP contribution in [-0.4, -0.2) is 74.0 Å². The number of pyridine rings is 2. The van der Waals surface area contributed by atoms with Crippen LogP contribution in [0.3, 0.4) is 0 Å². The number of likely N-dealkylation sites (tertiary alicyclic amines) is 1. The van der Waals surface area contributed by atoms with Gasteiger partial charge in [-0.25, -0.2) is 27.6 Å². The molecule has 0 N–H and O–H groups in total. The number of nitrogens with zero attached hydrogens (tertiary/aromatic N) is 5. The summed E-state index contributed by atoms with van der Waals surface area (Å²) in [6.07, 6.45) is 6.93. The van der Waals surface area contributed by atoms with Crippen LogP contribution in [0, 0.1) is 12.8 Å². The Morgan fingerprint density at radius 3 is 2.33 bits per heavy atom. The first-order chi connectivity index (χ1) is 26.0. The molecule has 2 aromatic carbocycles. The van der Waals surface area contributed by atoms with E-state index in [1.165, 1.54) is 54.6 Å². The number of quaternary nitrogens is 1. The first kappa shape index (κ1) is 38.3. The minimum atomic E-state index is -2.79. The molecule has 2 aromatic heterocycles. The number of hydrogen-bond acceptors (Lipinski definition) is 5. The lowest BCUT2D eigenvalue weighted by atomic mass is 9.88. The van der Waals surface area contributed by atoms with Gasteiger partial charge in [-0.1, -0.05) is 25.1 Å². The monoisotopic (exact) mass is 740 g/mol. The molecule has 7 rings (SSSR count). The molecular formula is C45H57F3N5O+. The minimum absolute atomic E-state index is 0.0499. The van der Waals surface area contributed by atoms with E-state index in [2.05, 4.69) is 85.2 Å². The van der Waals surface area contributed by atoms with E-state index in [4.69, 9.17) is 9.72 Å². The number of halogens is 3. The Morgan fingerprint density at radius 1 is 0.907 bits per heavy atom. The summed E-state index contributed by atoms with van der Waals surface area (Å²) in [5, 5.41) is 0. The van der Waals surface area contributed by atoms with Crippen molar-refractivity contribution >= 4 is 17.2 Å². The van der Waals surface area contributed by atoms with Crippen molar-refractivity contribution in [3.8, 4) is 17.0 Å². The molecule has 1 aliphatic carbocycles. The van der Waals surface area contributed by atoms with E-state index in [-0.39, 0.29) is 12.4 Å².